The van der Waals surface area contributed by atoms with Gasteiger partial charge in [0.15, 0.2) is 0 Å². The Morgan fingerprint density at radius 3 is 2.43 bits per heavy atom. The van der Waals surface area contributed by atoms with Crippen molar-refractivity contribution in [1.82, 2.24) is 9.78 Å². The Bertz CT molecular complexity index is 800. The predicted octanol–water partition coefficient (Wildman–Crippen LogP) is 3.26. The monoisotopic (exact) mass is 339 g/mol. The Kier molecular flexibility index (Phi) is 4.52. The fourth-order valence-corrected chi connectivity index (χ4v) is 3.50. The Labute approximate surface area is 136 Å². The molecular formula is C16H22FN3O2S. The first-order chi connectivity index (χ1) is 10.5. The van der Waals surface area contributed by atoms with Crippen molar-refractivity contribution < 1.29 is 12.8 Å². The Morgan fingerprint density at radius 2 is 1.87 bits per heavy atom. The van der Waals surface area contributed by atoms with Crippen molar-refractivity contribution in [2.24, 2.45) is 12.5 Å². The minimum Gasteiger partial charge on any atom is -0.264 e. The molecule has 0 saturated carbocycles. The highest BCUT2D eigenvalue weighted by molar-refractivity contribution is 7.92. The van der Waals surface area contributed by atoms with Gasteiger partial charge in [-0.1, -0.05) is 20.8 Å². The third-order valence-electron chi connectivity index (χ3n) is 3.21. The maximum absolute atomic E-state index is 13.5. The van der Waals surface area contributed by atoms with Gasteiger partial charge in [-0.25, -0.2) is 12.8 Å². The van der Waals surface area contributed by atoms with E-state index >= 15 is 0 Å². The molecular weight excluding hydrogens is 317 g/mol. The summed E-state index contributed by atoms with van der Waals surface area (Å²) >= 11 is 0. The SMILES string of the molecule is Cc1cc(F)cc(S(=O)(=O)Nc2cc(CC(C)(C)C)nn2C)c1. The van der Waals surface area contributed by atoms with E-state index in [0.717, 1.165) is 18.2 Å². The van der Waals surface area contributed by atoms with Gasteiger partial charge in [-0.05, 0) is 42.5 Å². The molecule has 23 heavy (non-hydrogen) atoms. The highest BCUT2D eigenvalue weighted by atomic mass is 32.2. The van der Waals surface area contributed by atoms with E-state index in [2.05, 4.69) is 30.6 Å². The van der Waals surface area contributed by atoms with Crippen LogP contribution in [0.1, 0.15) is 32.0 Å². The number of hydrogen-bond donors (Lipinski definition) is 1. The molecule has 1 aromatic carbocycles. The number of sulfonamides is 1. The van der Waals surface area contributed by atoms with Crippen LogP contribution < -0.4 is 4.72 Å². The summed E-state index contributed by atoms with van der Waals surface area (Å²) in [4.78, 5) is -0.103. The van der Waals surface area contributed by atoms with Gasteiger partial charge in [0.1, 0.15) is 11.6 Å². The van der Waals surface area contributed by atoms with E-state index in [4.69, 9.17) is 0 Å². The number of rotatable bonds is 4. The Morgan fingerprint density at radius 1 is 1.22 bits per heavy atom. The lowest BCUT2D eigenvalue weighted by Gasteiger charge is -2.15. The van der Waals surface area contributed by atoms with E-state index in [-0.39, 0.29) is 10.3 Å². The lowest BCUT2D eigenvalue weighted by molar-refractivity contribution is 0.404. The van der Waals surface area contributed by atoms with Gasteiger partial charge >= 0.3 is 0 Å². The van der Waals surface area contributed by atoms with Gasteiger partial charge in [0.2, 0.25) is 0 Å². The number of aromatic nitrogens is 2. The highest BCUT2D eigenvalue weighted by Crippen LogP contribution is 2.23. The fourth-order valence-electron chi connectivity index (χ4n) is 2.31. The van der Waals surface area contributed by atoms with Crippen LogP contribution in [0.4, 0.5) is 10.2 Å². The molecule has 2 rings (SSSR count). The molecule has 126 valence electrons. The van der Waals surface area contributed by atoms with E-state index in [9.17, 15) is 12.8 Å². The van der Waals surface area contributed by atoms with Crippen molar-refractivity contribution in [3.63, 3.8) is 0 Å². The quantitative estimate of drug-likeness (QED) is 0.930. The van der Waals surface area contributed by atoms with Crippen LogP contribution in [0.15, 0.2) is 29.2 Å². The number of nitrogens with one attached hydrogen (secondary N) is 1. The fraction of sp³-hybridized carbons (Fsp3) is 0.438. The number of nitrogens with zero attached hydrogens (tertiary/aromatic N) is 2. The summed E-state index contributed by atoms with van der Waals surface area (Å²) < 4.78 is 42.3. The van der Waals surface area contributed by atoms with Crippen molar-refractivity contribution >= 4 is 15.8 Å². The Hall–Kier alpha value is -1.89. The standard InChI is InChI=1S/C16H22FN3O2S/c1-11-6-12(17)8-14(7-11)23(21,22)19-15-9-13(18-20(15)5)10-16(2,3)4/h6-9,19H,10H2,1-5H3. The molecule has 1 heterocycles. The lowest BCUT2D eigenvalue weighted by Crippen LogP contribution is -2.15. The summed E-state index contributed by atoms with van der Waals surface area (Å²) in [5.74, 6) is -0.227. The summed E-state index contributed by atoms with van der Waals surface area (Å²) in [6.45, 7) is 7.90. The number of aryl methyl sites for hydroxylation is 2. The van der Waals surface area contributed by atoms with Crippen molar-refractivity contribution in [3.8, 4) is 0 Å². The molecule has 0 aliphatic heterocycles. The smallest absolute Gasteiger partial charge is 0.263 e. The molecule has 5 nitrogen and oxygen atoms in total. The van der Waals surface area contributed by atoms with E-state index in [0.29, 0.717) is 11.4 Å². The molecule has 0 spiro atoms. The normalized spacial score (nSPS) is 12.4. The van der Waals surface area contributed by atoms with Gasteiger partial charge in [-0.3, -0.25) is 9.40 Å². The zero-order valence-electron chi connectivity index (χ0n) is 14.0. The van der Waals surface area contributed by atoms with Gasteiger partial charge < -0.3 is 0 Å². The molecule has 7 heteroatoms. The summed E-state index contributed by atoms with van der Waals surface area (Å²) in [6.07, 6.45) is 0.724. The van der Waals surface area contributed by atoms with Gasteiger partial charge in [0.25, 0.3) is 10.0 Å². The van der Waals surface area contributed by atoms with Crippen LogP contribution >= 0.6 is 0 Å². The van der Waals surface area contributed by atoms with Crippen molar-refractivity contribution in [2.45, 2.75) is 39.0 Å². The second-order valence-electron chi connectivity index (χ2n) is 6.95. The Balaban J connectivity index is 2.30. The molecule has 0 aliphatic carbocycles. The summed E-state index contributed by atoms with van der Waals surface area (Å²) in [7, 11) is -2.19. The van der Waals surface area contributed by atoms with Gasteiger partial charge in [-0.2, -0.15) is 5.10 Å². The van der Waals surface area contributed by atoms with Crippen molar-refractivity contribution in [1.29, 1.82) is 0 Å². The van der Waals surface area contributed by atoms with Gasteiger partial charge in [0.05, 0.1) is 10.6 Å². The molecule has 0 fully saturated rings. The van der Waals surface area contributed by atoms with Crippen LogP contribution in [0.25, 0.3) is 0 Å². The first-order valence-electron chi connectivity index (χ1n) is 7.29. The zero-order valence-corrected chi connectivity index (χ0v) is 14.8. The molecule has 0 bridgehead atoms. The average molecular weight is 339 g/mol. The second kappa shape index (κ2) is 5.96. The van der Waals surface area contributed by atoms with E-state index < -0.39 is 15.8 Å². The van der Waals surface area contributed by atoms with Crippen LogP contribution in [-0.4, -0.2) is 18.2 Å². The molecule has 0 atom stereocenters. The first kappa shape index (κ1) is 17.5. The number of halogens is 1. The minimum absolute atomic E-state index is 0.0458. The van der Waals surface area contributed by atoms with Crippen molar-refractivity contribution in [2.75, 3.05) is 4.72 Å². The third-order valence-corrected chi connectivity index (χ3v) is 4.54. The number of benzene rings is 1. The maximum Gasteiger partial charge on any atom is 0.263 e. The molecule has 1 aromatic heterocycles. The number of hydrogen-bond acceptors (Lipinski definition) is 3. The number of anilines is 1. The largest absolute Gasteiger partial charge is 0.264 e. The maximum atomic E-state index is 13.5. The van der Waals surface area contributed by atoms with Crippen molar-refractivity contribution in [3.05, 3.63) is 41.3 Å². The van der Waals surface area contributed by atoms with E-state index in [1.54, 1.807) is 20.0 Å². The molecule has 0 saturated heterocycles. The van der Waals surface area contributed by atoms with Crippen LogP contribution in [-0.2, 0) is 23.5 Å². The first-order valence-corrected chi connectivity index (χ1v) is 8.77. The summed E-state index contributed by atoms with van der Waals surface area (Å²) in [5.41, 5.74) is 1.39. The lowest BCUT2D eigenvalue weighted by atomic mass is 9.91. The van der Waals surface area contributed by atoms with Gasteiger partial charge in [-0.15, -0.1) is 0 Å². The summed E-state index contributed by atoms with van der Waals surface area (Å²) in [6, 6.07) is 5.42. The van der Waals surface area contributed by atoms with E-state index in [1.165, 1.54) is 16.8 Å². The van der Waals surface area contributed by atoms with Crippen LogP contribution in [0.5, 0.6) is 0 Å². The van der Waals surface area contributed by atoms with Crippen LogP contribution in [0.3, 0.4) is 0 Å². The molecule has 0 amide bonds. The topological polar surface area (TPSA) is 64.0 Å². The average Bonchev–Trinajstić information content (AvgIpc) is 2.65. The second-order valence-corrected chi connectivity index (χ2v) is 8.63. The molecule has 0 aliphatic rings. The minimum atomic E-state index is -3.86. The van der Waals surface area contributed by atoms with E-state index in [1.807, 2.05) is 0 Å². The molecule has 0 radical (unpaired) electrons. The van der Waals surface area contributed by atoms with Crippen LogP contribution in [0.2, 0.25) is 0 Å². The van der Waals surface area contributed by atoms with Crippen LogP contribution in [0, 0.1) is 18.2 Å². The molecule has 1 N–H and O–H groups in total. The summed E-state index contributed by atoms with van der Waals surface area (Å²) in [5, 5.41) is 4.32. The molecule has 0 unspecified atom stereocenters. The predicted molar refractivity (Wildman–Crippen MR) is 88.3 cm³/mol. The zero-order chi connectivity index (χ0) is 17.4. The van der Waals surface area contributed by atoms with Gasteiger partial charge in [0, 0.05) is 13.1 Å². The third kappa shape index (κ3) is 4.54. The molecule has 2 aromatic rings. The highest BCUT2D eigenvalue weighted by Gasteiger charge is 2.20.